The van der Waals surface area contributed by atoms with Gasteiger partial charge in [0.2, 0.25) is 5.60 Å². The van der Waals surface area contributed by atoms with Crippen LogP contribution in [0.1, 0.15) is 32.1 Å². The van der Waals surface area contributed by atoms with E-state index in [4.69, 9.17) is 4.84 Å². The third kappa shape index (κ3) is 1.95. The first-order chi connectivity index (χ1) is 7.23. The molecule has 15 heavy (non-hydrogen) atoms. The van der Waals surface area contributed by atoms with Gasteiger partial charge in [0.1, 0.15) is 0 Å². The van der Waals surface area contributed by atoms with Gasteiger partial charge in [-0.05, 0) is 18.9 Å². The van der Waals surface area contributed by atoms with Crippen molar-refractivity contribution in [2.24, 2.45) is 0 Å². The van der Waals surface area contributed by atoms with Crippen LogP contribution < -0.4 is 4.84 Å². The first-order valence-corrected chi connectivity index (χ1v) is 5.15. The Bertz CT molecular complexity index is 328. The van der Waals surface area contributed by atoms with Gasteiger partial charge in [0.25, 0.3) is 0 Å². The summed E-state index contributed by atoms with van der Waals surface area (Å²) in [6.45, 7) is 0. The topological polar surface area (TPSA) is 64.3 Å². The lowest BCUT2D eigenvalue weighted by Gasteiger charge is -2.32. The molecule has 0 spiro atoms. The van der Waals surface area contributed by atoms with Gasteiger partial charge >= 0.3 is 5.97 Å². The lowest BCUT2D eigenvalue weighted by Crippen LogP contribution is -2.49. The van der Waals surface area contributed by atoms with Gasteiger partial charge in [-0.1, -0.05) is 6.42 Å². The number of hydrogen-bond donors (Lipinski definition) is 1. The maximum atomic E-state index is 11.2. The van der Waals surface area contributed by atoms with Gasteiger partial charge in [-0.3, -0.25) is 0 Å². The molecule has 5 nitrogen and oxygen atoms in total. The summed E-state index contributed by atoms with van der Waals surface area (Å²) in [6.07, 6.45) is 7.17. The van der Waals surface area contributed by atoms with Gasteiger partial charge in [-0.25, -0.2) is 4.79 Å². The van der Waals surface area contributed by atoms with Crippen molar-refractivity contribution in [2.45, 2.75) is 37.7 Å². The Hall–Kier alpha value is -1.52. The molecule has 1 fully saturated rings. The second kappa shape index (κ2) is 3.92. The molecule has 0 amide bonds. The molecular weight excluding hydrogens is 196 g/mol. The zero-order chi connectivity index (χ0) is 10.7. The lowest BCUT2D eigenvalue weighted by atomic mass is 9.85. The minimum absolute atomic E-state index is 0.558. The molecule has 0 saturated heterocycles. The molecule has 1 heterocycles. The summed E-state index contributed by atoms with van der Waals surface area (Å²) in [5, 5.41) is 13.1. The van der Waals surface area contributed by atoms with Gasteiger partial charge in [0.15, 0.2) is 0 Å². The van der Waals surface area contributed by atoms with Gasteiger partial charge in [-0.15, -0.1) is 9.94 Å². The fraction of sp³-hybridized carbons (Fsp3) is 0.600. The van der Waals surface area contributed by atoms with E-state index >= 15 is 0 Å². The molecule has 5 heteroatoms. The van der Waals surface area contributed by atoms with Crippen LogP contribution in [0.5, 0.6) is 0 Å². The molecule has 0 radical (unpaired) electrons. The molecule has 1 saturated carbocycles. The van der Waals surface area contributed by atoms with Crippen LogP contribution >= 0.6 is 0 Å². The number of hydrogen-bond acceptors (Lipinski definition) is 3. The van der Waals surface area contributed by atoms with Gasteiger partial charge in [0.05, 0.1) is 12.4 Å². The maximum absolute atomic E-state index is 11.2. The van der Waals surface area contributed by atoms with E-state index in [1.165, 1.54) is 4.85 Å². The van der Waals surface area contributed by atoms with Crippen LogP contribution in [0, 0.1) is 0 Å². The largest absolute Gasteiger partial charge is 0.478 e. The van der Waals surface area contributed by atoms with E-state index in [1.807, 2.05) is 0 Å². The standard InChI is InChI=1S/C10H14N2O3/c13-9(14)10(5-2-1-3-6-10)15-12-8-4-7-11-12/h4,7-8H,1-3,5-6H2,(H,13,14). The highest BCUT2D eigenvalue weighted by Crippen LogP contribution is 2.29. The molecule has 1 aliphatic rings. The van der Waals surface area contributed by atoms with E-state index in [9.17, 15) is 9.90 Å². The number of aliphatic carboxylic acids is 1. The first kappa shape index (κ1) is 10.0. The molecule has 0 aliphatic heterocycles. The van der Waals surface area contributed by atoms with Crippen molar-refractivity contribution in [3.8, 4) is 0 Å². The molecule has 0 unspecified atom stereocenters. The maximum Gasteiger partial charge on any atom is 0.350 e. The normalized spacial score (nSPS) is 19.7. The predicted octanol–water partition coefficient (Wildman–Crippen LogP) is 1.10. The van der Waals surface area contributed by atoms with Gasteiger partial charge in [0, 0.05) is 12.8 Å². The summed E-state index contributed by atoms with van der Waals surface area (Å²) in [5.74, 6) is -0.891. The van der Waals surface area contributed by atoms with Crippen molar-refractivity contribution in [3.05, 3.63) is 18.5 Å². The molecule has 1 aliphatic carbocycles. The van der Waals surface area contributed by atoms with Crippen molar-refractivity contribution in [1.29, 1.82) is 0 Å². The number of carbonyl (C=O) groups is 1. The van der Waals surface area contributed by atoms with Crippen LogP contribution in [0.25, 0.3) is 0 Å². The Labute approximate surface area is 87.6 Å². The zero-order valence-corrected chi connectivity index (χ0v) is 8.43. The highest BCUT2D eigenvalue weighted by atomic mass is 16.7. The smallest absolute Gasteiger partial charge is 0.350 e. The second-order valence-corrected chi connectivity index (χ2v) is 3.86. The van der Waals surface area contributed by atoms with Crippen LogP contribution in [0.2, 0.25) is 0 Å². The van der Waals surface area contributed by atoms with Crippen LogP contribution in [-0.2, 0) is 4.79 Å². The van der Waals surface area contributed by atoms with E-state index < -0.39 is 11.6 Å². The summed E-state index contributed by atoms with van der Waals surface area (Å²) in [7, 11) is 0. The summed E-state index contributed by atoms with van der Waals surface area (Å²) in [5.41, 5.74) is -1.08. The van der Waals surface area contributed by atoms with E-state index in [-0.39, 0.29) is 0 Å². The van der Waals surface area contributed by atoms with Gasteiger partial charge in [-0.2, -0.15) is 0 Å². The summed E-state index contributed by atoms with van der Waals surface area (Å²) in [4.78, 5) is 17.9. The van der Waals surface area contributed by atoms with E-state index in [2.05, 4.69) is 5.10 Å². The van der Waals surface area contributed by atoms with Crippen LogP contribution in [0.15, 0.2) is 18.5 Å². The van der Waals surface area contributed by atoms with Gasteiger partial charge < -0.3 is 9.94 Å². The van der Waals surface area contributed by atoms with E-state index in [0.29, 0.717) is 12.8 Å². The zero-order valence-electron chi connectivity index (χ0n) is 8.43. The molecule has 0 aromatic carbocycles. The quantitative estimate of drug-likeness (QED) is 0.811. The third-order valence-electron chi connectivity index (χ3n) is 2.80. The minimum atomic E-state index is -1.08. The highest BCUT2D eigenvalue weighted by Gasteiger charge is 2.43. The Kier molecular flexibility index (Phi) is 2.62. The Morgan fingerprint density at radius 2 is 2.13 bits per heavy atom. The molecule has 1 aromatic rings. The molecule has 0 bridgehead atoms. The summed E-state index contributed by atoms with van der Waals surface area (Å²) in [6, 6.07) is 1.71. The molecule has 2 rings (SSSR count). The Morgan fingerprint density at radius 1 is 1.40 bits per heavy atom. The molecular formula is C10H14N2O3. The lowest BCUT2D eigenvalue weighted by molar-refractivity contribution is -0.174. The number of carboxylic acids is 1. The van der Waals surface area contributed by atoms with E-state index in [1.54, 1.807) is 18.5 Å². The number of nitrogens with zero attached hydrogens (tertiary/aromatic N) is 2. The molecule has 82 valence electrons. The Balaban J connectivity index is 2.15. The minimum Gasteiger partial charge on any atom is -0.478 e. The van der Waals surface area contributed by atoms with Crippen LogP contribution in [0.3, 0.4) is 0 Å². The Morgan fingerprint density at radius 3 is 2.67 bits per heavy atom. The monoisotopic (exact) mass is 210 g/mol. The van der Waals surface area contributed by atoms with Crippen molar-refractivity contribution >= 4 is 5.97 Å². The number of carboxylic acid groups (broad SMARTS) is 1. The molecule has 1 N–H and O–H groups in total. The predicted molar refractivity (Wildman–Crippen MR) is 52.3 cm³/mol. The fourth-order valence-corrected chi connectivity index (χ4v) is 1.95. The molecule has 1 aromatic heterocycles. The first-order valence-electron chi connectivity index (χ1n) is 5.15. The van der Waals surface area contributed by atoms with Crippen molar-refractivity contribution in [3.63, 3.8) is 0 Å². The van der Waals surface area contributed by atoms with Crippen molar-refractivity contribution in [1.82, 2.24) is 9.94 Å². The van der Waals surface area contributed by atoms with Crippen LogP contribution in [-0.4, -0.2) is 26.6 Å². The average Bonchev–Trinajstić information content (AvgIpc) is 2.71. The average molecular weight is 210 g/mol. The third-order valence-corrected chi connectivity index (χ3v) is 2.80. The SMILES string of the molecule is O=C(O)C1(On2cccn2)CCCCC1. The van der Waals surface area contributed by atoms with E-state index in [0.717, 1.165) is 19.3 Å². The second-order valence-electron chi connectivity index (χ2n) is 3.86. The molecule has 0 atom stereocenters. The van der Waals surface area contributed by atoms with Crippen LogP contribution in [0.4, 0.5) is 0 Å². The summed E-state index contributed by atoms with van der Waals surface area (Å²) >= 11 is 0. The number of aromatic nitrogens is 2. The fourth-order valence-electron chi connectivity index (χ4n) is 1.95. The summed E-state index contributed by atoms with van der Waals surface area (Å²) < 4.78 is 0. The number of rotatable bonds is 3. The van der Waals surface area contributed by atoms with Crippen molar-refractivity contribution in [2.75, 3.05) is 0 Å². The highest BCUT2D eigenvalue weighted by molar-refractivity contribution is 5.77. The van der Waals surface area contributed by atoms with Crippen molar-refractivity contribution < 1.29 is 14.7 Å².